The predicted octanol–water partition coefficient (Wildman–Crippen LogP) is 2.71. The van der Waals surface area contributed by atoms with Gasteiger partial charge in [0.05, 0.1) is 17.2 Å². The highest BCUT2D eigenvalue weighted by Gasteiger charge is 2.31. The Kier molecular flexibility index (Phi) is 5.61. The molecule has 114 valence electrons. The molecule has 5 nitrogen and oxygen atoms in total. The number of carboxylic acids is 1. The number of carboxylic acid groups (broad SMARTS) is 1. The Bertz CT molecular complexity index is 546. The van der Waals surface area contributed by atoms with E-state index in [0.29, 0.717) is 24.1 Å². The van der Waals surface area contributed by atoms with E-state index in [1.165, 1.54) is 0 Å². The molecule has 1 aliphatic heterocycles. The van der Waals surface area contributed by atoms with E-state index >= 15 is 0 Å². The Morgan fingerprint density at radius 2 is 2.24 bits per heavy atom. The van der Waals surface area contributed by atoms with Gasteiger partial charge in [-0.25, -0.2) is 4.79 Å². The SMILES string of the molecule is O=C(NC(C(=O)O)C1CCCOC1)c1cc(Br)ccc1Cl. The van der Waals surface area contributed by atoms with E-state index in [9.17, 15) is 14.7 Å². The van der Waals surface area contributed by atoms with Crippen LogP contribution in [0, 0.1) is 5.92 Å². The summed E-state index contributed by atoms with van der Waals surface area (Å²) in [6.07, 6.45) is 1.51. The van der Waals surface area contributed by atoms with Gasteiger partial charge in [0.25, 0.3) is 5.91 Å². The van der Waals surface area contributed by atoms with Gasteiger partial charge in [-0.2, -0.15) is 0 Å². The highest BCUT2D eigenvalue weighted by molar-refractivity contribution is 9.10. The standard InChI is InChI=1S/C14H15BrClNO4/c15-9-3-4-11(16)10(6-9)13(18)17-12(14(19)20)8-2-1-5-21-7-8/h3-4,6,8,12H,1-2,5,7H2,(H,17,18)(H,19,20). The summed E-state index contributed by atoms with van der Waals surface area (Å²) in [6, 6.07) is 3.88. The lowest BCUT2D eigenvalue weighted by Crippen LogP contribution is -2.48. The molecule has 2 atom stereocenters. The van der Waals surface area contributed by atoms with Gasteiger partial charge >= 0.3 is 5.97 Å². The van der Waals surface area contributed by atoms with Crippen LogP contribution in [-0.4, -0.2) is 36.2 Å². The van der Waals surface area contributed by atoms with E-state index in [1.54, 1.807) is 18.2 Å². The highest BCUT2D eigenvalue weighted by Crippen LogP contribution is 2.22. The van der Waals surface area contributed by atoms with Crippen LogP contribution in [0.15, 0.2) is 22.7 Å². The van der Waals surface area contributed by atoms with Gasteiger partial charge < -0.3 is 15.2 Å². The number of benzene rings is 1. The first-order valence-electron chi connectivity index (χ1n) is 6.55. The fourth-order valence-corrected chi connectivity index (χ4v) is 2.86. The van der Waals surface area contributed by atoms with Crippen molar-refractivity contribution in [2.75, 3.05) is 13.2 Å². The van der Waals surface area contributed by atoms with Crippen LogP contribution in [-0.2, 0) is 9.53 Å². The number of carbonyl (C=O) groups excluding carboxylic acids is 1. The van der Waals surface area contributed by atoms with Gasteiger partial charge in [0.1, 0.15) is 6.04 Å². The number of halogens is 2. The molecule has 0 radical (unpaired) electrons. The highest BCUT2D eigenvalue weighted by atomic mass is 79.9. The number of hydrogen-bond donors (Lipinski definition) is 2. The molecule has 0 aliphatic carbocycles. The summed E-state index contributed by atoms with van der Waals surface area (Å²) in [7, 11) is 0. The van der Waals surface area contributed by atoms with E-state index < -0.39 is 17.9 Å². The zero-order valence-electron chi connectivity index (χ0n) is 11.1. The Morgan fingerprint density at radius 3 is 2.86 bits per heavy atom. The van der Waals surface area contributed by atoms with E-state index in [-0.39, 0.29) is 16.5 Å². The summed E-state index contributed by atoms with van der Waals surface area (Å²) in [6.45, 7) is 0.970. The van der Waals surface area contributed by atoms with Crippen molar-refractivity contribution in [2.45, 2.75) is 18.9 Å². The fourth-order valence-electron chi connectivity index (χ4n) is 2.30. The molecule has 1 fully saturated rings. The number of nitrogens with one attached hydrogen (secondary N) is 1. The Morgan fingerprint density at radius 1 is 1.48 bits per heavy atom. The van der Waals surface area contributed by atoms with Crippen molar-refractivity contribution in [1.82, 2.24) is 5.32 Å². The molecular weight excluding hydrogens is 362 g/mol. The molecule has 0 spiro atoms. The third kappa shape index (κ3) is 4.18. The molecule has 0 bridgehead atoms. The topological polar surface area (TPSA) is 75.6 Å². The van der Waals surface area contributed by atoms with Gasteiger partial charge in [0, 0.05) is 17.0 Å². The number of carbonyl (C=O) groups is 2. The van der Waals surface area contributed by atoms with Crippen LogP contribution in [0.4, 0.5) is 0 Å². The lowest BCUT2D eigenvalue weighted by atomic mass is 9.93. The van der Waals surface area contributed by atoms with Crippen LogP contribution in [0.5, 0.6) is 0 Å². The first-order chi connectivity index (χ1) is 9.99. The Balaban J connectivity index is 2.14. The van der Waals surface area contributed by atoms with Crippen molar-refractivity contribution in [2.24, 2.45) is 5.92 Å². The van der Waals surface area contributed by atoms with Crippen molar-refractivity contribution in [3.63, 3.8) is 0 Å². The second-order valence-corrected chi connectivity index (χ2v) is 6.21. The van der Waals surface area contributed by atoms with E-state index in [4.69, 9.17) is 16.3 Å². The minimum absolute atomic E-state index is 0.230. The lowest BCUT2D eigenvalue weighted by Gasteiger charge is -2.28. The van der Waals surface area contributed by atoms with Gasteiger partial charge in [0.15, 0.2) is 0 Å². The first-order valence-corrected chi connectivity index (χ1v) is 7.72. The summed E-state index contributed by atoms with van der Waals surface area (Å²) in [4.78, 5) is 23.7. The van der Waals surface area contributed by atoms with Gasteiger partial charge in [0.2, 0.25) is 0 Å². The summed E-state index contributed by atoms with van der Waals surface area (Å²) in [5.74, 6) is -1.80. The monoisotopic (exact) mass is 375 g/mol. The third-order valence-electron chi connectivity index (χ3n) is 3.39. The number of aliphatic carboxylic acids is 1. The zero-order chi connectivity index (χ0) is 15.4. The zero-order valence-corrected chi connectivity index (χ0v) is 13.5. The van der Waals surface area contributed by atoms with Crippen LogP contribution in [0.2, 0.25) is 5.02 Å². The van der Waals surface area contributed by atoms with Crippen LogP contribution < -0.4 is 5.32 Å². The molecule has 1 aliphatic rings. The molecule has 7 heteroatoms. The lowest BCUT2D eigenvalue weighted by molar-refractivity contribution is -0.142. The molecular formula is C14H15BrClNO4. The Labute approximate surface area is 135 Å². The normalized spacial score (nSPS) is 19.8. The minimum atomic E-state index is -1.06. The van der Waals surface area contributed by atoms with Crippen LogP contribution in [0.25, 0.3) is 0 Å². The summed E-state index contributed by atoms with van der Waals surface area (Å²) >= 11 is 9.25. The number of ether oxygens (including phenoxy) is 1. The number of rotatable bonds is 4. The van der Waals surface area contributed by atoms with Crippen molar-refractivity contribution in [3.8, 4) is 0 Å². The molecule has 1 aromatic carbocycles. The van der Waals surface area contributed by atoms with E-state index in [0.717, 1.165) is 6.42 Å². The van der Waals surface area contributed by atoms with Crippen LogP contribution in [0.3, 0.4) is 0 Å². The maximum absolute atomic E-state index is 12.3. The third-order valence-corrected chi connectivity index (χ3v) is 4.22. The quantitative estimate of drug-likeness (QED) is 0.847. The van der Waals surface area contributed by atoms with Crippen molar-refractivity contribution >= 4 is 39.4 Å². The fraction of sp³-hybridized carbons (Fsp3) is 0.429. The average Bonchev–Trinajstić information content (AvgIpc) is 2.47. The van der Waals surface area contributed by atoms with Gasteiger partial charge in [-0.05, 0) is 31.0 Å². The molecule has 1 amide bonds. The van der Waals surface area contributed by atoms with Crippen molar-refractivity contribution in [3.05, 3.63) is 33.3 Å². The van der Waals surface area contributed by atoms with Crippen molar-refractivity contribution < 1.29 is 19.4 Å². The van der Waals surface area contributed by atoms with Gasteiger partial charge in [-0.3, -0.25) is 4.79 Å². The van der Waals surface area contributed by atoms with Crippen molar-refractivity contribution in [1.29, 1.82) is 0 Å². The van der Waals surface area contributed by atoms with E-state index in [1.807, 2.05) is 0 Å². The average molecular weight is 377 g/mol. The maximum Gasteiger partial charge on any atom is 0.326 e. The molecule has 2 N–H and O–H groups in total. The summed E-state index contributed by atoms with van der Waals surface area (Å²) in [5, 5.41) is 12.2. The van der Waals surface area contributed by atoms with Crippen LogP contribution >= 0.6 is 27.5 Å². The first kappa shape index (κ1) is 16.3. The number of amides is 1. The summed E-state index contributed by atoms with van der Waals surface area (Å²) < 4.78 is 5.99. The second-order valence-electron chi connectivity index (χ2n) is 4.89. The largest absolute Gasteiger partial charge is 0.480 e. The Hall–Kier alpha value is -1.11. The molecule has 2 rings (SSSR count). The molecule has 1 aromatic rings. The molecule has 1 heterocycles. The van der Waals surface area contributed by atoms with E-state index in [2.05, 4.69) is 21.2 Å². The van der Waals surface area contributed by atoms with Gasteiger partial charge in [-0.1, -0.05) is 27.5 Å². The molecule has 21 heavy (non-hydrogen) atoms. The number of hydrogen-bond acceptors (Lipinski definition) is 3. The molecule has 2 unspecified atom stereocenters. The van der Waals surface area contributed by atoms with Gasteiger partial charge in [-0.15, -0.1) is 0 Å². The molecule has 1 saturated heterocycles. The maximum atomic E-state index is 12.3. The smallest absolute Gasteiger partial charge is 0.326 e. The molecule has 0 aromatic heterocycles. The second kappa shape index (κ2) is 7.24. The predicted molar refractivity (Wildman–Crippen MR) is 81.6 cm³/mol. The summed E-state index contributed by atoms with van der Waals surface area (Å²) in [5.41, 5.74) is 0.244. The minimum Gasteiger partial charge on any atom is -0.480 e. The van der Waals surface area contributed by atoms with Crippen LogP contribution in [0.1, 0.15) is 23.2 Å². The molecule has 0 saturated carbocycles.